The number of fused-ring (bicyclic) bond motifs is 1. The second-order valence-electron chi connectivity index (χ2n) is 18.9. The second kappa shape index (κ2) is 14.5. The smallest absolute Gasteiger partial charge is 0.408 e. The Balaban J connectivity index is 1.18. The van der Waals surface area contributed by atoms with Gasteiger partial charge in [0.1, 0.15) is 40.8 Å². The maximum absolute atomic E-state index is 14.7. The fourth-order valence-corrected chi connectivity index (χ4v) is 9.77. The van der Waals surface area contributed by atoms with E-state index in [2.05, 4.69) is 21.9 Å². The summed E-state index contributed by atoms with van der Waals surface area (Å²) in [6, 6.07) is 5.20. The van der Waals surface area contributed by atoms with E-state index < -0.39 is 79.2 Å². The van der Waals surface area contributed by atoms with Crippen LogP contribution in [0.1, 0.15) is 111 Å². The lowest BCUT2D eigenvalue weighted by Crippen LogP contribution is -2.60. The van der Waals surface area contributed by atoms with Crippen molar-refractivity contribution in [2.75, 3.05) is 13.7 Å². The number of hydrogen-bond donors (Lipinski definition) is 3. The summed E-state index contributed by atoms with van der Waals surface area (Å²) in [5.41, 5.74) is -1.62. The van der Waals surface area contributed by atoms with Gasteiger partial charge in [0.15, 0.2) is 0 Å². The van der Waals surface area contributed by atoms with Gasteiger partial charge in [0.2, 0.25) is 21.8 Å². The van der Waals surface area contributed by atoms with Crippen molar-refractivity contribution in [2.45, 2.75) is 139 Å². The number of rotatable bonds is 14. The number of sulfonamides is 1. The first-order valence-corrected chi connectivity index (χ1v) is 21.6. The third kappa shape index (κ3) is 8.59. The topological polar surface area (TPSA) is 182 Å². The van der Waals surface area contributed by atoms with Gasteiger partial charge in [0, 0.05) is 41.5 Å². The monoisotopic (exact) mass is 807 g/mol. The Labute approximate surface area is 335 Å². The number of amides is 4. The van der Waals surface area contributed by atoms with E-state index in [1.54, 1.807) is 48.7 Å². The lowest BCUT2D eigenvalue weighted by molar-refractivity contribution is -0.143. The molecule has 1 aromatic carbocycles. The number of nitrogens with zero attached hydrogens (tertiary/aromatic N) is 2. The van der Waals surface area contributed by atoms with E-state index in [1.165, 1.54) is 11.0 Å². The van der Waals surface area contributed by atoms with Crippen molar-refractivity contribution in [2.24, 2.45) is 17.3 Å². The molecule has 310 valence electrons. The molecule has 0 bridgehead atoms. The van der Waals surface area contributed by atoms with Crippen LogP contribution in [0.5, 0.6) is 11.5 Å². The van der Waals surface area contributed by atoms with Gasteiger partial charge in [0.25, 0.3) is 5.91 Å². The first kappa shape index (κ1) is 40.8. The van der Waals surface area contributed by atoms with Crippen LogP contribution in [-0.2, 0) is 29.1 Å². The number of pyridine rings is 1. The highest BCUT2D eigenvalue weighted by Gasteiger charge is 2.64. The molecule has 5 aliphatic rings. The molecule has 2 aromatic rings. The molecule has 5 atom stereocenters. The molecule has 4 amide bonds. The van der Waals surface area contributed by atoms with Crippen LogP contribution in [0.15, 0.2) is 36.9 Å². The summed E-state index contributed by atoms with van der Waals surface area (Å²) in [6.07, 6.45) is 5.79. The molecule has 0 radical (unpaired) electrons. The van der Waals surface area contributed by atoms with E-state index >= 15 is 0 Å². The molecular formula is C42H57N5O9S. The summed E-state index contributed by atoms with van der Waals surface area (Å²) >= 11 is 0. The summed E-state index contributed by atoms with van der Waals surface area (Å²) in [5, 5.41) is 6.36. The Kier molecular flexibility index (Phi) is 10.3. The molecule has 7 rings (SSSR count). The van der Waals surface area contributed by atoms with E-state index in [1.807, 2.05) is 24.3 Å². The Morgan fingerprint density at radius 3 is 2.32 bits per heavy atom. The van der Waals surface area contributed by atoms with Crippen molar-refractivity contribution in [1.82, 2.24) is 25.2 Å². The van der Waals surface area contributed by atoms with Crippen molar-refractivity contribution < 1.29 is 41.8 Å². The van der Waals surface area contributed by atoms with Gasteiger partial charge in [0.05, 0.1) is 23.9 Å². The van der Waals surface area contributed by atoms with Gasteiger partial charge >= 0.3 is 6.09 Å². The predicted molar refractivity (Wildman–Crippen MR) is 213 cm³/mol. The number of nitrogens with one attached hydrogen (secondary N) is 3. The zero-order chi connectivity index (χ0) is 41.3. The van der Waals surface area contributed by atoms with Crippen LogP contribution >= 0.6 is 0 Å². The fraction of sp³-hybridized carbons (Fsp3) is 0.643. The van der Waals surface area contributed by atoms with Gasteiger partial charge in [-0.1, -0.05) is 39.7 Å². The number of hydrogen-bond acceptors (Lipinski definition) is 10. The minimum atomic E-state index is -4.02. The summed E-state index contributed by atoms with van der Waals surface area (Å²) in [7, 11) is -2.43. The zero-order valence-corrected chi connectivity index (χ0v) is 34.9. The molecule has 1 aromatic heterocycles. The molecule has 2 heterocycles. The molecule has 5 unspecified atom stereocenters. The van der Waals surface area contributed by atoms with E-state index in [-0.39, 0.29) is 19.4 Å². The molecule has 1 saturated heterocycles. The average Bonchev–Trinajstić information content (AvgIpc) is 3.91. The Morgan fingerprint density at radius 1 is 1.05 bits per heavy atom. The lowest BCUT2D eigenvalue weighted by Gasteiger charge is -2.36. The summed E-state index contributed by atoms with van der Waals surface area (Å²) in [6.45, 7) is 14.4. The fourth-order valence-electron chi connectivity index (χ4n) is 8.03. The number of alkyl carbamates (subject to hydrolysis) is 1. The highest BCUT2D eigenvalue weighted by atomic mass is 32.2. The lowest BCUT2D eigenvalue weighted by atomic mass is 9.85. The largest absolute Gasteiger partial charge is 0.497 e. The third-order valence-electron chi connectivity index (χ3n) is 11.9. The van der Waals surface area contributed by atoms with Gasteiger partial charge in [-0.25, -0.2) is 13.2 Å². The Bertz CT molecular complexity index is 2080. The van der Waals surface area contributed by atoms with E-state index in [0.717, 1.165) is 36.8 Å². The van der Waals surface area contributed by atoms with Crippen LogP contribution in [0.2, 0.25) is 0 Å². The van der Waals surface area contributed by atoms with Crippen LogP contribution in [0, 0.1) is 17.3 Å². The molecule has 4 aliphatic carbocycles. The average molecular weight is 808 g/mol. The minimum absolute atomic E-state index is 0.0135. The number of methoxy groups -OCH3 is 1. The molecule has 15 heteroatoms. The number of ether oxygens (including phenoxy) is 3. The number of benzene rings is 1. The number of carbonyl (C=O) groups excluding carboxylic acids is 4. The van der Waals surface area contributed by atoms with Crippen molar-refractivity contribution >= 4 is 44.7 Å². The SMILES string of the molecule is C=CC1CC1(NC(=O)C1CC(Oc2cc(C3CC3)nc3cc(OC)ccc23)CN1C(=O)C(NC(=O)OC(C)(C)C)C(C)(C)C)C(=O)NS(=O)(=O)C1(CC2CC2)CC1. The number of aromatic nitrogens is 1. The summed E-state index contributed by atoms with van der Waals surface area (Å²) in [5.74, 6) is -0.646. The van der Waals surface area contributed by atoms with Gasteiger partial charge < -0.3 is 29.7 Å². The van der Waals surface area contributed by atoms with Gasteiger partial charge in [-0.05, 0) is 82.8 Å². The highest BCUT2D eigenvalue weighted by Crippen LogP contribution is 2.53. The molecule has 1 aliphatic heterocycles. The van der Waals surface area contributed by atoms with Crippen molar-refractivity contribution in [3.8, 4) is 11.5 Å². The highest BCUT2D eigenvalue weighted by molar-refractivity contribution is 7.91. The van der Waals surface area contributed by atoms with Crippen molar-refractivity contribution in [3.05, 3.63) is 42.6 Å². The molecule has 57 heavy (non-hydrogen) atoms. The van der Waals surface area contributed by atoms with E-state index in [9.17, 15) is 27.6 Å². The van der Waals surface area contributed by atoms with Gasteiger partial charge in [-0.3, -0.25) is 24.1 Å². The predicted octanol–water partition coefficient (Wildman–Crippen LogP) is 5.25. The first-order chi connectivity index (χ1) is 26.7. The Morgan fingerprint density at radius 2 is 1.75 bits per heavy atom. The first-order valence-electron chi connectivity index (χ1n) is 20.1. The molecule has 5 fully saturated rings. The summed E-state index contributed by atoms with van der Waals surface area (Å²) in [4.78, 5) is 62.6. The van der Waals surface area contributed by atoms with Crippen molar-refractivity contribution in [1.29, 1.82) is 0 Å². The van der Waals surface area contributed by atoms with Gasteiger partial charge in [-0.15, -0.1) is 6.58 Å². The standard InChI is InChI=1S/C42H57N5O9S/c1-9-26-22-42(26,37(50)46-57(52,53)41(16-17-41)21-24-10-11-24)45-35(48)32-19-28(23-47(32)36(49)34(39(2,3)4)44-38(51)56-40(5,6)7)55-33-20-30(25-12-13-25)43-31-18-27(54-8)14-15-29(31)33/h9,14-15,18,20,24-26,28,32,34H,1,10-13,16-17,19,21-23H2,2-8H3,(H,44,51)(H,45,48)(H,46,50). The van der Waals surface area contributed by atoms with Gasteiger partial charge in [-0.2, -0.15) is 0 Å². The maximum Gasteiger partial charge on any atom is 0.408 e. The van der Waals surface area contributed by atoms with Crippen LogP contribution in [0.4, 0.5) is 4.79 Å². The summed E-state index contributed by atoms with van der Waals surface area (Å²) < 4.78 is 46.3. The quantitative estimate of drug-likeness (QED) is 0.213. The number of likely N-dealkylation sites (tertiary alicyclic amines) is 1. The normalized spacial score (nSPS) is 25.9. The number of carbonyl (C=O) groups is 4. The van der Waals surface area contributed by atoms with E-state index in [4.69, 9.17) is 19.2 Å². The van der Waals surface area contributed by atoms with Crippen LogP contribution < -0.4 is 24.8 Å². The van der Waals surface area contributed by atoms with Crippen molar-refractivity contribution in [3.63, 3.8) is 0 Å². The Hall–Kier alpha value is -4.40. The van der Waals surface area contributed by atoms with Crippen LogP contribution in [-0.4, -0.2) is 89.8 Å². The van der Waals surface area contributed by atoms with Crippen LogP contribution in [0.25, 0.3) is 10.9 Å². The zero-order valence-electron chi connectivity index (χ0n) is 34.1. The molecule has 4 saturated carbocycles. The van der Waals surface area contributed by atoms with E-state index in [0.29, 0.717) is 48.1 Å². The molecule has 0 spiro atoms. The maximum atomic E-state index is 14.7. The molecular weight excluding hydrogens is 751 g/mol. The third-order valence-corrected chi connectivity index (χ3v) is 14.1. The minimum Gasteiger partial charge on any atom is -0.497 e. The molecule has 14 nitrogen and oxygen atoms in total. The second-order valence-corrected chi connectivity index (χ2v) is 21.0. The molecule has 3 N–H and O–H groups in total. The van der Waals surface area contributed by atoms with Crippen LogP contribution in [0.3, 0.4) is 0 Å².